The lowest BCUT2D eigenvalue weighted by molar-refractivity contribution is 0.111. The molecule has 2 heterocycles. The van der Waals surface area contributed by atoms with Gasteiger partial charge in [-0.2, -0.15) is 0 Å². The normalized spacial score (nSPS) is 10.7. The third-order valence-corrected chi connectivity index (χ3v) is 3.81. The Balaban J connectivity index is 2.19. The summed E-state index contributed by atoms with van der Waals surface area (Å²) in [6.45, 7) is 0. The van der Waals surface area contributed by atoms with Crippen LogP contribution < -0.4 is 10.2 Å². The summed E-state index contributed by atoms with van der Waals surface area (Å²) in [6.07, 6.45) is 2.38. The van der Waals surface area contributed by atoms with Crippen molar-refractivity contribution in [3.05, 3.63) is 75.6 Å². The summed E-state index contributed by atoms with van der Waals surface area (Å²) >= 11 is 0. The van der Waals surface area contributed by atoms with E-state index in [0.29, 0.717) is 23.8 Å². The number of rotatable bonds is 4. The third-order valence-electron chi connectivity index (χ3n) is 3.81. The van der Waals surface area contributed by atoms with Gasteiger partial charge in [-0.3, -0.25) is 14.0 Å². The number of carbonyl (C=O) groups excluding carboxylic acids is 1. The summed E-state index contributed by atoms with van der Waals surface area (Å²) in [5, 5.41) is 10.1. The first kappa shape index (κ1) is 14.8. The van der Waals surface area contributed by atoms with Crippen LogP contribution in [0.1, 0.15) is 21.5 Å². The maximum atomic E-state index is 12.5. The molecule has 0 fully saturated rings. The van der Waals surface area contributed by atoms with E-state index in [9.17, 15) is 14.7 Å². The fraction of sp³-hybridized carbons (Fsp3) is 0.111. The summed E-state index contributed by atoms with van der Waals surface area (Å²) in [4.78, 5) is 23.7. The molecule has 0 bridgehead atoms. The van der Waals surface area contributed by atoms with Crippen molar-refractivity contribution in [1.82, 2.24) is 4.40 Å². The average Bonchev–Trinajstić information content (AvgIpc) is 2.59. The topological polar surface area (TPSA) is 68.0 Å². The lowest BCUT2D eigenvalue weighted by atomic mass is 10.0. The molecule has 1 aromatic carbocycles. The van der Waals surface area contributed by atoms with E-state index in [1.165, 1.54) is 4.40 Å². The van der Waals surface area contributed by atoms with Crippen molar-refractivity contribution >= 4 is 11.8 Å². The number of carbonyl (C=O) groups is 1. The minimum Gasteiger partial charge on any atom is -0.497 e. The third kappa shape index (κ3) is 2.57. The van der Waals surface area contributed by atoms with Gasteiger partial charge in [-0.25, -0.2) is 0 Å². The van der Waals surface area contributed by atoms with Crippen molar-refractivity contribution in [3.63, 3.8) is 0 Å². The van der Waals surface area contributed by atoms with Crippen molar-refractivity contribution in [3.8, 4) is 11.6 Å². The minimum atomic E-state index is -0.445. The number of aromatic nitrogens is 1. The molecule has 5 heteroatoms. The van der Waals surface area contributed by atoms with Crippen molar-refractivity contribution in [2.24, 2.45) is 0 Å². The molecule has 0 radical (unpaired) electrons. The molecule has 0 spiro atoms. The van der Waals surface area contributed by atoms with Gasteiger partial charge in [0.25, 0.3) is 0 Å². The van der Waals surface area contributed by atoms with Crippen LogP contribution >= 0.6 is 0 Å². The second-order valence-electron chi connectivity index (χ2n) is 5.14. The Morgan fingerprint density at radius 1 is 1.17 bits per heavy atom. The van der Waals surface area contributed by atoms with Gasteiger partial charge in [0.1, 0.15) is 11.3 Å². The molecule has 23 heavy (non-hydrogen) atoms. The van der Waals surface area contributed by atoms with Crippen LogP contribution in [0.25, 0.3) is 5.52 Å². The van der Waals surface area contributed by atoms with E-state index in [-0.39, 0.29) is 11.4 Å². The van der Waals surface area contributed by atoms with Crippen LogP contribution in [0.15, 0.2) is 53.5 Å². The number of aromatic hydroxyl groups is 1. The van der Waals surface area contributed by atoms with E-state index >= 15 is 0 Å². The number of pyridine rings is 2. The number of fused-ring (bicyclic) bond motifs is 1. The van der Waals surface area contributed by atoms with Crippen LogP contribution in [0.5, 0.6) is 11.6 Å². The number of benzene rings is 1. The standard InChI is InChI=1S/C18H15NO4/c1-23-13-7-5-12(6-8-13)10-14-16-4-2-3-9-19(16)18(22)15(11-20)17(14)21/h2-9,11,22H,10H2,1H3. The highest BCUT2D eigenvalue weighted by Gasteiger charge is 2.16. The van der Waals surface area contributed by atoms with Gasteiger partial charge in [-0.15, -0.1) is 0 Å². The number of nitrogens with zero attached hydrogens (tertiary/aromatic N) is 1. The molecule has 116 valence electrons. The highest BCUT2D eigenvalue weighted by Crippen LogP contribution is 2.21. The van der Waals surface area contributed by atoms with Crippen molar-refractivity contribution in [1.29, 1.82) is 0 Å². The fourth-order valence-electron chi connectivity index (χ4n) is 2.61. The Bertz CT molecular complexity index is 926. The highest BCUT2D eigenvalue weighted by molar-refractivity contribution is 5.80. The molecule has 0 unspecified atom stereocenters. The van der Waals surface area contributed by atoms with Crippen LogP contribution in [-0.2, 0) is 6.42 Å². The Hall–Kier alpha value is -3.08. The van der Waals surface area contributed by atoms with Crippen LogP contribution in [-0.4, -0.2) is 22.9 Å². The maximum Gasteiger partial charge on any atom is 0.210 e. The maximum absolute atomic E-state index is 12.5. The van der Waals surface area contributed by atoms with Gasteiger partial charge >= 0.3 is 0 Å². The molecule has 5 nitrogen and oxygen atoms in total. The molecular weight excluding hydrogens is 294 g/mol. The van der Waals surface area contributed by atoms with E-state index < -0.39 is 5.43 Å². The Morgan fingerprint density at radius 3 is 2.57 bits per heavy atom. The lowest BCUT2D eigenvalue weighted by Crippen LogP contribution is -2.18. The van der Waals surface area contributed by atoms with E-state index in [0.717, 1.165) is 11.3 Å². The van der Waals surface area contributed by atoms with Gasteiger partial charge in [0.15, 0.2) is 11.7 Å². The van der Waals surface area contributed by atoms with Gasteiger partial charge in [0.05, 0.1) is 12.6 Å². The Morgan fingerprint density at radius 2 is 1.91 bits per heavy atom. The molecule has 2 aromatic heterocycles. The van der Waals surface area contributed by atoms with Crippen molar-refractivity contribution in [2.75, 3.05) is 7.11 Å². The molecule has 0 saturated heterocycles. The quantitative estimate of drug-likeness (QED) is 0.752. The SMILES string of the molecule is COc1ccc(Cc2c(=O)c(C=O)c(O)n3ccccc23)cc1. The summed E-state index contributed by atoms with van der Waals surface area (Å²) < 4.78 is 6.57. The summed E-state index contributed by atoms with van der Waals surface area (Å²) in [7, 11) is 1.59. The zero-order valence-corrected chi connectivity index (χ0v) is 12.5. The molecular formula is C18H15NO4. The van der Waals surface area contributed by atoms with Gasteiger partial charge in [-0.1, -0.05) is 18.2 Å². The van der Waals surface area contributed by atoms with E-state index in [1.807, 2.05) is 24.3 Å². The molecule has 3 aromatic rings. The Labute approximate surface area is 132 Å². The summed E-state index contributed by atoms with van der Waals surface area (Å²) in [6, 6.07) is 12.6. The predicted octanol–water partition coefficient (Wildman–Crippen LogP) is 2.42. The number of aldehydes is 1. The van der Waals surface area contributed by atoms with Crippen molar-refractivity contribution < 1.29 is 14.6 Å². The van der Waals surface area contributed by atoms with E-state index in [1.54, 1.807) is 31.5 Å². The largest absolute Gasteiger partial charge is 0.497 e. The molecule has 1 N–H and O–H groups in total. The first-order chi connectivity index (χ1) is 11.2. The zero-order valence-electron chi connectivity index (χ0n) is 12.5. The zero-order chi connectivity index (χ0) is 16.4. The number of hydrogen-bond donors (Lipinski definition) is 1. The molecule has 0 aliphatic carbocycles. The fourth-order valence-corrected chi connectivity index (χ4v) is 2.61. The lowest BCUT2D eigenvalue weighted by Gasteiger charge is -2.11. The average molecular weight is 309 g/mol. The smallest absolute Gasteiger partial charge is 0.210 e. The van der Waals surface area contributed by atoms with E-state index in [2.05, 4.69) is 0 Å². The first-order valence-corrected chi connectivity index (χ1v) is 7.09. The highest BCUT2D eigenvalue weighted by atomic mass is 16.5. The van der Waals surface area contributed by atoms with Gasteiger partial charge in [-0.05, 0) is 29.8 Å². The minimum absolute atomic E-state index is 0.225. The molecule has 0 aliphatic rings. The number of methoxy groups -OCH3 is 1. The van der Waals surface area contributed by atoms with E-state index in [4.69, 9.17) is 4.74 Å². The van der Waals surface area contributed by atoms with Crippen LogP contribution in [0.3, 0.4) is 0 Å². The Kier molecular flexibility index (Phi) is 3.85. The van der Waals surface area contributed by atoms with Gasteiger partial charge in [0, 0.05) is 18.2 Å². The van der Waals surface area contributed by atoms with Gasteiger partial charge < -0.3 is 9.84 Å². The van der Waals surface area contributed by atoms with Crippen LogP contribution in [0.2, 0.25) is 0 Å². The van der Waals surface area contributed by atoms with Crippen LogP contribution in [0, 0.1) is 0 Å². The van der Waals surface area contributed by atoms with Crippen LogP contribution in [0.4, 0.5) is 0 Å². The molecule has 3 rings (SSSR count). The predicted molar refractivity (Wildman–Crippen MR) is 86.5 cm³/mol. The second kappa shape index (κ2) is 5.96. The number of ether oxygens (including phenoxy) is 1. The number of hydrogen-bond acceptors (Lipinski definition) is 4. The first-order valence-electron chi connectivity index (χ1n) is 7.09. The molecule has 0 amide bonds. The summed E-state index contributed by atoms with van der Waals surface area (Å²) in [5.41, 5.74) is 1.29. The van der Waals surface area contributed by atoms with Gasteiger partial charge in [0.2, 0.25) is 5.88 Å². The molecule has 0 atom stereocenters. The monoisotopic (exact) mass is 309 g/mol. The second-order valence-corrected chi connectivity index (χ2v) is 5.14. The molecule has 0 saturated carbocycles. The van der Waals surface area contributed by atoms with Crippen molar-refractivity contribution in [2.45, 2.75) is 6.42 Å². The molecule has 0 aliphatic heterocycles. The summed E-state index contributed by atoms with van der Waals surface area (Å²) in [5.74, 6) is 0.397.